The molecule has 0 aliphatic heterocycles. The number of amides is 1. The second-order valence-corrected chi connectivity index (χ2v) is 5.65. The van der Waals surface area contributed by atoms with Crippen molar-refractivity contribution < 1.29 is 9.18 Å². The second-order valence-electron chi connectivity index (χ2n) is 5.65. The lowest BCUT2D eigenvalue weighted by Gasteiger charge is -2.07. The van der Waals surface area contributed by atoms with E-state index in [0.717, 1.165) is 5.56 Å². The number of hydrogen-bond donors (Lipinski definition) is 2. The molecule has 1 aromatic heterocycles. The van der Waals surface area contributed by atoms with Gasteiger partial charge in [0.05, 0.1) is 11.9 Å². The van der Waals surface area contributed by atoms with Crippen molar-refractivity contribution in [2.24, 2.45) is 0 Å². The highest BCUT2D eigenvalue weighted by Crippen LogP contribution is 2.16. The highest BCUT2D eigenvalue weighted by Gasteiger charge is 2.10. The average molecular weight is 349 g/mol. The molecule has 6 nitrogen and oxygen atoms in total. The van der Waals surface area contributed by atoms with Crippen LogP contribution in [0, 0.1) is 17.1 Å². The topological polar surface area (TPSA) is 96.7 Å². The van der Waals surface area contributed by atoms with Gasteiger partial charge in [-0.15, -0.1) is 0 Å². The first kappa shape index (κ1) is 17.2. The summed E-state index contributed by atoms with van der Waals surface area (Å²) in [5.74, 6) is -0.230. The summed E-state index contributed by atoms with van der Waals surface area (Å²) in [6, 6.07) is 14.9. The Hall–Kier alpha value is -3.66. The summed E-state index contributed by atoms with van der Waals surface area (Å²) < 4.78 is 14.3. The zero-order valence-corrected chi connectivity index (χ0v) is 13.8. The Labute approximate surface area is 149 Å². The summed E-state index contributed by atoms with van der Waals surface area (Å²) in [4.78, 5) is 12.2. The second kappa shape index (κ2) is 7.49. The maximum Gasteiger partial charge on any atom is 0.251 e. The third kappa shape index (κ3) is 3.70. The van der Waals surface area contributed by atoms with Gasteiger partial charge in [-0.2, -0.15) is 10.4 Å². The van der Waals surface area contributed by atoms with Crippen LogP contribution in [-0.2, 0) is 6.42 Å². The van der Waals surface area contributed by atoms with E-state index in [0.29, 0.717) is 29.8 Å². The van der Waals surface area contributed by atoms with Crippen molar-refractivity contribution in [1.82, 2.24) is 15.1 Å². The molecule has 1 amide bonds. The molecule has 130 valence electrons. The van der Waals surface area contributed by atoms with Crippen LogP contribution in [0.5, 0.6) is 0 Å². The Balaban J connectivity index is 1.61. The Kier molecular flexibility index (Phi) is 4.94. The molecule has 0 atom stereocenters. The van der Waals surface area contributed by atoms with E-state index in [2.05, 4.69) is 10.4 Å². The minimum atomic E-state index is -0.280. The number of nitrogens with one attached hydrogen (secondary N) is 1. The van der Waals surface area contributed by atoms with E-state index < -0.39 is 0 Å². The Morgan fingerprint density at radius 3 is 2.50 bits per heavy atom. The quantitative estimate of drug-likeness (QED) is 0.739. The van der Waals surface area contributed by atoms with Gasteiger partial charge in [-0.3, -0.25) is 4.79 Å². The molecule has 26 heavy (non-hydrogen) atoms. The first-order valence-corrected chi connectivity index (χ1v) is 7.95. The largest absolute Gasteiger partial charge is 0.382 e. The molecule has 0 aliphatic rings. The van der Waals surface area contributed by atoms with Gasteiger partial charge >= 0.3 is 0 Å². The monoisotopic (exact) mass is 349 g/mol. The van der Waals surface area contributed by atoms with Crippen LogP contribution in [-0.4, -0.2) is 22.2 Å². The van der Waals surface area contributed by atoms with E-state index in [1.165, 1.54) is 23.0 Å². The van der Waals surface area contributed by atoms with Crippen molar-refractivity contribution in [3.05, 3.63) is 77.2 Å². The van der Waals surface area contributed by atoms with Crippen LogP contribution in [0.25, 0.3) is 5.69 Å². The molecule has 3 aromatic rings. The standard InChI is InChI=1S/C19H16FN5O/c20-16-5-1-13(2-6-16)9-10-23-19(26)14-3-7-17(8-4-14)25-18(22)15(11-21)12-24-25/h1-8,12H,9-10,22H2,(H,23,26). The van der Waals surface area contributed by atoms with Crippen LogP contribution in [0.1, 0.15) is 21.5 Å². The fourth-order valence-corrected chi connectivity index (χ4v) is 2.48. The molecule has 0 bridgehead atoms. The zero-order chi connectivity index (χ0) is 18.5. The number of carbonyl (C=O) groups excluding carboxylic acids is 1. The molecule has 0 spiro atoms. The van der Waals surface area contributed by atoms with Crippen molar-refractivity contribution >= 4 is 11.7 Å². The molecular weight excluding hydrogens is 333 g/mol. The Morgan fingerprint density at radius 1 is 1.19 bits per heavy atom. The van der Waals surface area contributed by atoms with E-state index in [-0.39, 0.29) is 17.5 Å². The van der Waals surface area contributed by atoms with Gasteiger partial charge in [0, 0.05) is 12.1 Å². The summed E-state index contributed by atoms with van der Waals surface area (Å²) >= 11 is 0. The SMILES string of the molecule is N#Cc1cnn(-c2ccc(C(=O)NCCc3ccc(F)cc3)cc2)c1N. The van der Waals surface area contributed by atoms with E-state index in [9.17, 15) is 9.18 Å². The smallest absolute Gasteiger partial charge is 0.251 e. The van der Waals surface area contributed by atoms with E-state index in [1.807, 2.05) is 6.07 Å². The predicted molar refractivity (Wildman–Crippen MR) is 95.1 cm³/mol. The van der Waals surface area contributed by atoms with E-state index in [1.54, 1.807) is 36.4 Å². The molecule has 0 saturated heterocycles. The van der Waals surface area contributed by atoms with Crippen molar-refractivity contribution in [2.45, 2.75) is 6.42 Å². The molecule has 1 heterocycles. The summed E-state index contributed by atoms with van der Waals surface area (Å²) in [6.45, 7) is 0.448. The van der Waals surface area contributed by atoms with Gasteiger partial charge in [0.15, 0.2) is 0 Å². The molecule has 0 radical (unpaired) electrons. The number of nitrogens with two attached hydrogens (primary N) is 1. The molecule has 7 heteroatoms. The molecule has 0 aliphatic carbocycles. The van der Waals surface area contributed by atoms with Gasteiger partial charge in [-0.05, 0) is 48.4 Å². The molecule has 0 saturated carbocycles. The van der Waals surface area contributed by atoms with E-state index in [4.69, 9.17) is 11.0 Å². The molecule has 3 N–H and O–H groups in total. The summed E-state index contributed by atoms with van der Waals surface area (Å²) in [6.07, 6.45) is 2.01. The van der Waals surface area contributed by atoms with Gasteiger partial charge in [0.1, 0.15) is 23.3 Å². The van der Waals surface area contributed by atoms with Crippen LogP contribution in [0.2, 0.25) is 0 Å². The average Bonchev–Trinajstić information content (AvgIpc) is 3.04. The van der Waals surface area contributed by atoms with Crippen LogP contribution in [0.15, 0.2) is 54.7 Å². The zero-order valence-electron chi connectivity index (χ0n) is 13.8. The lowest BCUT2D eigenvalue weighted by molar-refractivity contribution is 0.0954. The third-order valence-electron chi connectivity index (χ3n) is 3.91. The molecule has 3 rings (SSSR count). The Morgan fingerprint density at radius 2 is 1.88 bits per heavy atom. The summed E-state index contributed by atoms with van der Waals surface area (Å²) in [7, 11) is 0. The number of carbonyl (C=O) groups is 1. The van der Waals surface area contributed by atoms with Gasteiger partial charge in [0.2, 0.25) is 0 Å². The van der Waals surface area contributed by atoms with Crippen LogP contribution < -0.4 is 11.1 Å². The van der Waals surface area contributed by atoms with Crippen LogP contribution in [0.3, 0.4) is 0 Å². The first-order valence-electron chi connectivity index (χ1n) is 7.95. The normalized spacial score (nSPS) is 10.3. The molecule has 0 unspecified atom stereocenters. The molecular formula is C19H16FN5O. The fourth-order valence-electron chi connectivity index (χ4n) is 2.48. The highest BCUT2D eigenvalue weighted by molar-refractivity contribution is 5.94. The van der Waals surface area contributed by atoms with Crippen molar-refractivity contribution in [3.63, 3.8) is 0 Å². The number of nitrogen functional groups attached to an aromatic ring is 1. The third-order valence-corrected chi connectivity index (χ3v) is 3.91. The van der Waals surface area contributed by atoms with Gasteiger partial charge < -0.3 is 11.1 Å². The van der Waals surface area contributed by atoms with E-state index >= 15 is 0 Å². The summed E-state index contributed by atoms with van der Waals surface area (Å²) in [5, 5.41) is 15.8. The number of aromatic nitrogens is 2. The number of hydrogen-bond acceptors (Lipinski definition) is 4. The Bertz CT molecular complexity index is 955. The molecule has 2 aromatic carbocycles. The van der Waals surface area contributed by atoms with Crippen molar-refractivity contribution in [3.8, 4) is 11.8 Å². The van der Waals surface area contributed by atoms with Crippen molar-refractivity contribution in [1.29, 1.82) is 5.26 Å². The van der Waals surface area contributed by atoms with Crippen LogP contribution in [0.4, 0.5) is 10.2 Å². The maximum atomic E-state index is 12.9. The fraction of sp³-hybridized carbons (Fsp3) is 0.105. The van der Waals surface area contributed by atoms with Crippen molar-refractivity contribution in [2.75, 3.05) is 12.3 Å². The summed E-state index contributed by atoms with van der Waals surface area (Å²) in [5.41, 5.74) is 8.25. The van der Waals surface area contributed by atoms with Crippen LogP contribution >= 0.6 is 0 Å². The lowest BCUT2D eigenvalue weighted by Crippen LogP contribution is -2.25. The number of halogens is 1. The minimum Gasteiger partial charge on any atom is -0.382 e. The highest BCUT2D eigenvalue weighted by atomic mass is 19.1. The number of benzene rings is 2. The van der Waals surface area contributed by atoms with Gasteiger partial charge in [0.25, 0.3) is 5.91 Å². The maximum absolute atomic E-state index is 12.9. The number of anilines is 1. The van der Waals surface area contributed by atoms with Gasteiger partial charge in [-0.1, -0.05) is 12.1 Å². The van der Waals surface area contributed by atoms with Gasteiger partial charge in [-0.25, -0.2) is 9.07 Å². The number of rotatable bonds is 5. The minimum absolute atomic E-state index is 0.204. The number of nitrogens with zero attached hydrogens (tertiary/aromatic N) is 3. The lowest BCUT2D eigenvalue weighted by atomic mass is 10.1. The molecule has 0 fully saturated rings. The number of nitriles is 1. The first-order chi connectivity index (χ1) is 12.6. The predicted octanol–water partition coefficient (Wildman–Crippen LogP) is 2.44.